The molecule has 2 aromatic rings. The Balaban J connectivity index is 2.26. The van der Waals surface area contributed by atoms with Crippen LogP contribution in [0.4, 0.5) is 0 Å². The largest absolute Gasteiger partial charge is 0.481 e. The lowest BCUT2D eigenvalue weighted by Gasteiger charge is -2.22. The van der Waals surface area contributed by atoms with Gasteiger partial charge in [0.05, 0.1) is 5.69 Å². The second kappa shape index (κ2) is 6.49. The Morgan fingerprint density at radius 2 is 2.19 bits per heavy atom. The number of carbonyl (C=O) groups is 1. The Labute approximate surface area is 123 Å². The van der Waals surface area contributed by atoms with E-state index in [2.05, 4.69) is 9.97 Å². The minimum atomic E-state index is -1.00. The Hall–Kier alpha value is -2.21. The normalized spacial score (nSPS) is 13.8. The molecular weight excluding hydrogens is 268 g/mol. The Kier molecular flexibility index (Phi) is 4.70. The van der Waals surface area contributed by atoms with E-state index in [0.29, 0.717) is 24.5 Å². The molecule has 21 heavy (non-hydrogen) atoms. The summed E-state index contributed by atoms with van der Waals surface area (Å²) in [4.78, 5) is 20.2. The summed E-state index contributed by atoms with van der Waals surface area (Å²) < 4.78 is 1.74. The maximum absolute atomic E-state index is 11.7. The molecule has 0 radical (unpaired) electrons. The summed E-state index contributed by atoms with van der Waals surface area (Å²) in [5.41, 5.74) is 5.01. The first-order valence-electron chi connectivity index (χ1n) is 6.97. The van der Waals surface area contributed by atoms with Crippen LogP contribution in [0.1, 0.15) is 31.9 Å². The number of aliphatic carboxylic acids is 1. The average Bonchev–Trinajstić information content (AvgIpc) is 2.98. The standard InChI is InChI=1S/C15H20N4O2/c1-15(14(20)21,7-3-4-8-16)12-10-19(11-18-12)13-6-2-5-9-17-13/h2,5-6,9-11H,3-4,7-8,16H2,1H3,(H,20,21). The van der Waals surface area contributed by atoms with Crippen molar-refractivity contribution in [1.29, 1.82) is 0 Å². The van der Waals surface area contributed by atoms with Gasteiger partial charge in [0.15, 0.2) is 0 Å². The zero-order valence-corrected chi connectivity index (χ0v) is 12.1. The quantitative estimate of drug-likeness (QED) is 0.757. The molecule has 2 rings (SSSR count). The number of hydrogen-bond donors (Lipinski definition) is 2. The second-order valence-electron chi connectivity index (χ2n) is 5.24. The highest BCUT2D eigenvalue weighted by molar-refractivity contribution is 5.80. The van der Waals surface area contributed by atoms with E-state index in [9.17, 15) is 9.90 Å². The second-order valence-corrected chi connectivity index (χ2v) is 5.24. The Bertz CT molecular complexity index is 597. The first kappa shape index (κ1) is 15.2. The lowest BCUT2D eigenvalue weighted by atomic mass is 9.82. The van der Waals surface area contributed by atoms with E-state index in [4.69, 9.17) is 5.73 Å². The maximum atomic E-state index is 11.7. The molecule has 0 aromatic carbocycles. The van der Waals surface area contributed by atoms with Crippen LogP contribution >= 0.6 is 0 Å². The SMILES string of the molecule is CC(CCCCN)(C(=O)O)c1cn(-c2ccccn2)cn1. The molecule has 0 aliphatic heterocycles. The molecule has 6 heteroatoms. The first-order chi connectivity index (χ1) is 10.1. The van der Waals surface area contributed by atoms with Gasteiger partial charge >= 0.3 is 5.97 Å². The van der Waals surface area contributed by atoms with Gasteiger partial charge < -0.3 is 10.8 Å². The number of aromatic nitrogens is 3. The summed E-state index contributed by atoms with van der Waals surface area (Å²) >= 11 is 0. The van der Waals surface area contributed by atoms with Crippen molar-refractivity contribution < 1.29 is 9.90 Å². The van der Waals surface area contributed by atoms with E-state index in [1.807, 2.05) is 18.2 Å². The smallest absolute Gasteiger partial charge is 0.315 e. The third-order valence-electron chi connectivity index (χ3n) is 3.66. The predicted octanol–water partition coefficient (Wildman–Crippen LogP) is 1.74. The molecule has 1 atom stereocenters. The van der Waals surface area contributed by atoms with Gasteiger partial charge in [0.25, 0.3) is 0 Å². The minimum absolute atomic E-state index is 0.513. The summed E-state index contributed by atoms with van der Waals surface area (Å²) in [7, 11) is 0. The van der Waals surface area contributed by atoms with Crippen molar-refractivity contribution in [3.63, 3.8) is 0 Å². The lowest BCUT2D eigenvalue weighted by molar-refractivity contribution is -0.143. The van der Waals surface area contributed by atoms with Crippen molar-refractivity contribution in [2.75, 3.05) is 6.54 Å². The highest BCUT2D eigenvalue weighted by atomic mass is 16.4. The maximum Gasteiger partial charge on any atom is 0.315 e. The van der Waals surface area contributed by atoms with Gasteiger partial charge in [0, 0.05) is 12.4 Å². The summed E-state index contributed by atoms with van der Waals surface area (Å²) in [5, 5.41) is 9.57. The Morgan fingerprint density at radius 1 is 1.38 bits per heavy atom. The van der Waals surface area contributed by atoms with Crippen LogP contribution in [0, 0.1) is 0 Å². The van der Waals surface area contributed by atoms with Gasteiger partial charge in [-0.15, -0.1) is 0 Å². The third kappa shape index (κ3) is 3.28. The van der Waals surface area contributed by atoms with E-state index < -0.39 is 11.4 Å². The lowest BCUT2D eigenvalue weighted by Crippen LogP contribution is -2.33. The van der Waals surface area contributed by atoms with Crippen molar-refractivity contribution in [1.82, 2.24) is 14.5 Å². The number of nitrogens with zero attached hydrogens (tertiary/aromatic N) is 3. The summed E-state index contributed by atoms with van der Waals surface area (Å²) in [6.45, 7) is 2.27. The van der Waals surface area contributed by atoms with Gasteiger partial charge in [-0.25, -0.2) is 9.97 Å². The fourth-order valence-electron chi connectivity index (χ4n) is 2.21. The molecule has 112 valence electrons. The van der Waals surface area contributed by atoms with Gasteiger partial charge in [-0.05, 0) is 38.4 Å². The summed E-state index contributed by atoms with van der Waals surface area (Å²) in [6.07, 6.45) is 7.10. The van der Waals surface area contributed by atoms with Gasteiger partial charge in [0.1, 0.15) is 17.6 Å². The van der Waals surface area contributed by atoms with Crippen molar-refractivity contribution in [3.05, 3.63) is 42.6 Å². The third-order valence-corrected chi connectivity index (χ3v) is 3.66. The summed E-state index contributed by atoms with van der Waals surface area (Å²) in [5.74, 6) is -0.156. The Morgan fingerprint density at radius 3 is 2.81 bits per heavy atom. The molecule has 0 spiro atoms. The number of unbranched alkanes of at least 4 members (excludes halogenated alkanes) is 1. The molecule has 0 amide bonds. The highest BCUT2D eigenvalue weighted by Gasteiger charge is 2.36. The number of carboxylic acids is 1. The average molecular weight is 288 g/mol. The molecule has 2 heterocycles. The molecule has 0 aliphatic carbocycles. The molecule has 0 aliphatic rings. The number of hydrogen-bond acceptors (Lipinski definition) is 4. The van der Waals surface area contributed by atoms with Gasteiger partial charge in [-0.2, -0.15) is 0 Å². The van der Waals surface area contributed by atoms with Crippen molar-refractivity contribution in [2.45, 2.75) is 31.6 Å². The number of pyridine rings is 1. The molecule has 1 unspecified atom stereocenters. The van der Waals surface area contributed by atoms with Crippen molar-refractivity contribution in [2.24, 2.45) is 5.73 Å². The van der Waals surface area contributed by atoms with Gasteiger partial charge in [0.2, 0.25) is 0 Å². The number of nitrogens with two attached hydrogens (primary N) is 1. The molecule has 0 saturated carbocycles. The van der Waals surface area contributed by atoms with Gasteiger partial charge in [-0.1, -0.05) is 12.5 Å². The van der Waals surface area contributed by atoms with Crippen LogP contribution in [0.2, 0.25) is 0 Å². The molecule has 3 N–H and O–H groups in total. The monoisotopic (exact) mass is 288 g/mol. The van der Waals surface area contributed by atoms with Crippen LogP contribution in [0.15, 0.2) is 36.9 Å². The molecule has 0 saturated heterocycles. The van der Waals surface area contributed by atoms with Crippen molar-refractivity contribution in [3.8, 4) is 5.82 Å². The fourth-order valence-corrected chi connectivity index (χ4v) is 2.21. The van der Waals surface area contributed by atoms with E-state index in [1.165, 1.54) is 0 Å². The minimum Gasteiger partial charge on any atom is -0.481 e. The van der Waals surface area contributed by atoms with Crippen LogP contribution in [0.5, 0.6) is 0 Å². The number of carboxylic acid groups (broad SMARTS) is 1. The van der Waals surface area contributed by atoms with Crippen LogP contribution in [0.25, 0.3) is 5.82 Å². The van der Waals surface area contributed by atoms with Crippen molar-refractivity contribution >= 4 is 5.97 Å². The zero-order valence-electron chi connectivity index (χ0n) is 12.1. The number of rotatable bonds is 7. The number of imidazole rings is 1. The van der Waals surface area contributed by atoms with Crippen LogP contribution in [-0.2, 0) is 10.2 Å². The van der Waals surface area contributed by atoms with Gasteiger partial charge in [-0.3, -0.25) is 9.36 Å². The molecule has 2 aromatic heterocycles. The molecule has 6 nitrogen and oxygen atoms in total. The van der Waals surface area contributed by atoms with E-state index in [0.717, 1.165) is 12.8 Å². The van der Waals surface area contributed by atoms with Crippen LogP contribution < -0.4 is 5.73 Å². The fraction of sp³-hybridized carbons (Fsp3) is 0.400. The topological polar surface area (TPSA) is 94.0 Å². The molecule has 0 fully saturated rings. The zero-order chi connectivity index (χ0) is 15.3. The van der Waals surface area contributed by atoms with E-state index in [-0.39, 0.29) is 0 Å². The summed E-state index contributed by atoms with van der Waals surface area (Å²) in [6, 6.07) is 5.55. The molecular formula is C15H20N4O2. The van der Waals surface area contributed by atoms with E-state index in [1.54, 1.807) is 30.2 Å². The van der Waals surface area contributed by atoms with Crippen LogP contribution in [0.3, 0.4) is 0 Å². The predicted molar refractivity (Wildman–Crippen MR) is 79.3 cm³/mol. The van der Waals surface area contributed by atoms with Crippen LogP contribution in [-0.4, -0.2) is 32.2 Å². The van der Waals surface area contributed by atoms with E-state index >= 15 is 0 Å². The molecule has 0 bridgehead atoms. The highest BCUT2D eigenvalue weighted by Crippen LogP contribution is 2.29. The first-order valence-corrected chi connectivity index (χ1v) is 6.97.